The highest BCUT2D eigenvalue weighted by molar-refractivity contribution is 5.94. The number of carbonyl (C=O) groups excluding carboxylic acids is 1. The van der Waals surface area contributed by atoms with E-state index in [4.69, 9.17) is 18.7 Å². The molecule has 0 radical (unpaired) electrons. The second-order valence-corrected chi connectivity index (χ2v) is 5.26. The monoisotopic (exact) mass is 358 g/mol. The molecule has 0 atom stereocenters. The van der Waals surface area contributed by atoms with Crippen LogP contribution in [0.2, 0.25) is 0 Å². The fraction of sp³-hybridized carbons (Fsp3) is 0.294. The van der Waals surface area contributed by atoms with Crippen LogP contribution in [0.3, 0.4) is 0 Å². The van der Waals surface area contributed by atoms with Crippen LogP contribution in [0.25, 0.3) is 11.1 Å². The highest BCUT2D eigenvalue weighted by Crippen LogP contribution is 2.32. The first-order chi connectivity index (χ1) is 12.6. The average molecular weight is 358 g/mol. The van der Waals surface area contributed by atoms with Crippen LogP contribution in [0, 0.1) is 6.92 Å². The number of aryl methyl sites for hydroxylation is 1. The molecule has 0 amide bonds. The van der Waals surface area contributed by atoms with E-state index in [2.05, 4.69) is 20.4 Å². The molecule has 0 saturated carbocycles. The van der Waals surface area contributed by atoms with Crippen molar-refractivity contribution >= 4 is 28.6 Å². The Morgan fingerprint density at radius 2 is 1.96 bits per heavy atom. The smallest absolute Gasteiger partial charge is 0.376 e. The summed E-state index contributed by atoms with van der Waals surface area (Å²) in [7, 11) is 3.11. The van der Waals surface area contributed by atoms with Gasteiger partial charge in [-0.1, -0.05) is 5.16 Å². The molecule has 0 fully saturated rings. The molecule has 0 aliphatic carbocycles. The Hall–Kier alpha value is -3.36. The van der Waals surface area contributed by atoms with Gasteiger partial charge < -0.3 is 24.1 Å². The number of esters is 1. The first-order valence-electron chi connectivity index (χ1n) is 7.87. The van der Waals surface area contributed by atoms with E-state index in [-0.39, 0.29) is 18.1 Å². The second-order valence-electron chi connectivity index (χ2n) is 5.26. The minimum atomic E-state index is -0.640. The first kappa shape index (κ1) is 17.5. The van der Waals surface area contributed by atoms with Crippen LogP contribution in [0.5, 0.6) is 11.5 Å². The Balaban J connectivity index is 2.06. The van der Waals surface area contributed by atoms with Gasteiger partial charge in [0.05, 0.1) is 26.5 Å². The van der Waals surface area contributed by atoms with Gasteiger partial charge in [-0.25, -0.2) is 9.78 Å². The average Bonchev–Trinajstić information content (AvgIpc) is 3.03. The van der Waals surface area contributed by atoms with E-state index in [0.29, 0.717) is 34.1 Å². The molecule has 1 N–H and O–H groups in total. The third-order valence-corrected chi connectivity index (χ3v) is 3.61. The van der Waals surface area contributed by atoms with E-state index in [0.717, 1.165) is 0 Å². The number of carbonyl (C=O) groups is 1. The van der Waals surface area contributed by atoms with Crippen molar-refractivity contribution < 1.29 is 23.5 Å². The molecule has 136 valence electrons. The summed E-state index contributed by atoms with van der Waals surface area (Å²) in [6, 6.07) is 5.30. The lowest BCUT2D eigenvalue weighted by molar-refractivity contribution is 0.0512. The standard InChI is InChI=1S/C17H18N4O5/c1-5-25-17(22)15-19-14(13-9(2)21-26-16(13)20-15)18-10-6-7-11(23-3)12(8-10)24-4/h6-8H,5H2,1-4H3,(H,18,19,20). The van der Waals surface area contributed by atoms with Crippen LogP contribution in [-0.2, 0) is 4.74 Å². The summed E-state index contributed by atoms with van der Waals surface area (Å²) in [4.78, 5) is 20.4. The molecule has 0 unspecified atom stereocenters. The van der Waals surface area contributed by atoms with Crippen LogP contribution in [0.4, 0.5) is 11.5 Å². The molecular weight excluding hydrogens is 340 g/mol. The van der Waals surface area contributed by atoms with Gasteiger partial charge in [0.2, 0.25) is 5.82 Å². The summed E-state index contributed by atoms with van der Waals surface area (Å²) in [5.41, 5.74) is 1.47. The summed E-state index contributed by atoms with van der Waals surface area (Å²) < 4.78 is 20.7. The van der Waals surface area contributed by atoms with Crippen molar-refractivity contribution in [2.45, 2.75) is 13.8 Å². The maximum absolute atomic E-state index is 12.0. The van der Waals surface area contributed by atoms with Crippen molar-refractivity contribution in [2.24, 2.45) is 0 Å². The number of ether oxygens (including phenoxy) is 3. The van der Waals surface area contributed by atoms with Crippen LogP contribution in [-0.4, -0.2) is 41.9 Å². The van der Waals surface area contributed by atoms with Crippen molar-refractivity contribution in [3.05, 3.63) is 29.7 Å². The van der Waals surface area contributed by atoms with Crippen molar-refractivity contribution in [3.8, 4) is 11.5 Å². The third-order valence-electron chi connectivity index (χ3n) is 3.61. The zero-order chi connectivity index (χ0) is 18.7. The topological polar surface area (TPSA) is 109 Å². The van der Waals surface area contributed by atoms with Crippen LogP contribution in [0.1, 0.15) is 23.2 Å². The number of hydrogen-bond acceptors (Lipinski definition) is 9. The molecule has 2 aromatic heterocycles. The summed E-state index contributed by atoms with van der Waals surface area (Å²) in [5.74, 6) is 0.774. The highest BCUT2D eigenvalue weighted by atomic mass is 16.5. The van der Waals surface area contributed by atoms with Gasteiger partial charge in [0.25, 0.3) is 5.71 Å². The molecule has 9 nitrogen and oxygen atoms in total. The molecule has 2 heterocycles. The quantitative estimate of drug-likeness (QED) is 0.665. The third kappa shape index (κ3) is 3.23. The highest BCUT2D eigenvalue weighted by Gasteiger charge is 2.20. The number of aromatic nitrogens is 3. The Kier molecular flexibility index (Phi) is 4.87. The maximum atomic E-state index is 12.0. The van der Waals surface area contributed by atoms with Crippen molar-refractivity contribution in [2.75, 3.05) is 26.1 Å². The molecular formula is C17H18N4O5. The van der Waals surface area contributed by atoms with E-state index >= 15 is 0 Å². The largest absolute Gasteiger partial charge is 0.493 e. The Labute approximate surface area is 149 Å². The van der Waals surface area contributed by atoms with Gasteiger partial charge in [0.15, 0.2) is 11.5 Å². The number of rotatable bonds is 6. The zero-order valence-electron chi connectivity index (χ0n) is 14.8. The van der Waals surface area contributed by atoms with Gasteiger partial charge >= 0.3 is 5.97 Å². The fourth-order valence-electron chi connectivity index (χ4n) is 2.42. The number of methoxy groups -OCH3 is 2. The number of benzene rings is 1. The molecule has 0 saturated heterocycles. The van der Waals surface area contributed by atoms with E-state index in [9.17, 15) is 4.79 Å². The van der Waals surface area contributed by atoms with Crippen molar-refractivity contribution in [1.82, 2.24) is 15.1 Å². The van der Waals surface area contributed by atoms with Gasteiger partial charge in [-0.2, -0.15) is 4.98 Å². The minimum Gasteiger partial charge on any atom is -0.493 e. The molecule has 3 aromatic rings. The summed E-state index contributed by atoms with van der Waals surface area (Å²) in [6.07, 6.45) is 0. The predicted octanol–water partition coefficient (Wildman–Crippen LogP) is 2.86. The molecule has 3 rings (SSSR count). The second kappa shape index (κ2) is 7.26. The summed E-state index contributed by atoms with van der Waals surface area (Å²) in [6.45, 7) is 3.69. The number of fused-ring (bicyclic) bond motifs is 1. The van der Waals surface area contributed by atoms with Gasteiger partial charge in [-0.05, 0) is 26.0 Å². The number of hydrogen-bond donors (Lipinski definition) is 1. The Morgan fingerprint density at radius 3 is 2.65 bits per heavy atom. The lowest BCUT2D eigenvalue weighted by Gasteiger charge is -2.12. The predicted molar refractivity (Wildman–Crippen MR) is 93.1 cm³/mol. The first-order valence-corrected chi connectivity index (χ1v) is 7.87. The number of nitrogens with zero attached hydrogens (tertiary/aromatic N) is 3. The maximum Gasteiger partial charge on any atom is 0.376 e. The Morgan fingerprint density at radius 1 is 1.19 bits per heavy atom. The number of nitrogens with one attached hydrogen (secondary N) is 1. The summed E-state index contributed by atoms with van der Waals surface area (Å²) in [5, 5.41) is 7.61. The van der Waals surface area contributed by atoms with E-state index in [1.807, 2.05) is 0 Å². The van der Waals surface area contributed by atoms with Crippen molar-refractivity contribution in [1.29, 1.82) is 0 Å². The molecule has 9 heteroatoms. The normalized spacial score (nSPS) is 10.6. The zero-order valence-corrected chi connectivity index (χ0v) is 14.8. The van der Waals surface area contributed by atoms with E-state index < -0.39 is 5.97 Å². The Bertz CT molecular complexity index is 954. The van der Waals surface area contributed by atoms with Gasteiger partial charge in [-0.15, -0.1) is 0 Å². The van der Waals surface area contributed by atoms with Gasteiger partial charge in [-0.3, -0.25) is 0 Å². The molecule has 26 heavy (non-hydrogen) atoms. The molecule has 0 aliphatic rings. The van der Waals surface area contributed by atoms with Crippen molar-refractivity contribution in [3.63, 3.8) is 0 Å². The van der Waals surface area contributed by atoms with Gasteiger partial charge in [0, 0.05) is 11.8 Å². The molecule has 0 aliphatic heterocycles. The summed E-state index contributed by atoms with van der Waals surface area (Å²) >= 11 is 0. The van der Waals surface area contributed by atoms with Crippen LogP contribution < -0.4 is 14.8 Å². The lowest BCUT2D eigenvalue weighted by atomic mass is 10.2. The SMILES string of the molecule is CCOC(=O)c1nc(Nc2ccc(OC)c(OC)c2)c2c(C)noc2n1. The fourth-order valence-corrected chi connectivity index (χ4v) is 2.42. The van der Waals surface area contributed by atoms with Gasteiger partial charge in [0.1, 0.15) is 11.2 Å². The lowest BCUT2D eigenvalue weighted by Crippen LogP contribution is -2.11. The van der Waals surface area contributed by atoms with E-state index in [1.54, 1.807) is 46.3 Å². The molecule has 0 bridgehead atoms. The van der Waals surface area contributed by atoms with Crippen LogP contribution in [0.15, 0.2) is 22.7 Å². The van der Waals surface area contributed by atoms with Crippen LogP contribution >= 0.6 is 0 Å². The minimum absolute atomic E-state index is 0.113. The number of anilines is 2. The molecule has 1 aromatic carbocycles. The van der Waals surface area contributed by atoms with E-state index in [1.165, 1.54) is 0 Å². The molecule has 0 spiro atoms.